The second-order valence-electron chi connectivity index (χ2n) is 4.96. The Hall–Kier alpha value is -2.69. The Morgan fingerprint density at radius 2 is 1.77 bits per heavy atom. The van der Waals surface area contributed by atoms with Gasteiger partial charge in [0.15, 0.2) is 0 Å². The quantitative estimate of drug-likeness (QED) is 0.892. The Morgan fingerprint density at radius 3 is 2.50 bits per heavy atom. The molecule has 0 aliphatic heterocycles. The van der Waals surface area contributed by atoms with Gasteiger partial charge in [-0.05, 0) is 35.4 Å². The molecule has 0 atom stereocenters. The molecule has 0 saturated heterocycles. The zero-order valence-corrected chi connectivity index (χ0v) is 12.2. The van der Waals surface area contributed by atoms with Crippen LogP contribution in [-0.4, -0.2) is 11.8 Å². The minimum absolute atomic E-state index is 0.128. The highest BCUT2D eigenvalue weighted by molar-refractivity contribution is 5.88. The first kappa shape index (κ1) is 15.7. The Balaban J connectivity index is 1.89. The van der Waals surface area contributed by atoms with Crippen molar-refractivity contribution >= 4 is 17.5 Å². The van der Waals surface area contributed by atoms with E-state index in [4.69, 9.17) is 0 Å². The lowest BCUT2D eigenvalue weighted by Gasteiger charge is -2.08. The van der Waals surface area contributed by atoms with Crippen LogP contribution in [0.4, 0.5) is 10.1 Å². The van der Waals surface area contributed by atoms with Crippen LogP contribution in [0.1, 0.15) is 18.1 Å². The Kier molecular flexibility index (Phi) is 5.25. The van der Waals surface area contributed by atoms with Gasteiger partial charge < -0.3 is 10.6 Å². The van der Waals surface area contributed by atoms with Crippen LogP contribution in [0.5, 0.6) is 0 Å². The standard InChI is InChI=1S/C17H17FN2O2/c1-12(21)20-16-7-3-5-14(9-16)11-19-17(22)10-13-4-2-6-15(18)8-13/h2-9H,10-11H2,1H3,(H,19,22)(H,20,21). The van der Waals surface area contributed by atoms with Crippen LogP contribution in [0.25, 0.3) is 0 Å². The fraction of sp³-hybridized carbons (Fsp3) is 0.176. The van der Waals surface area contributed by atoms with Gasteiger partial charge in [0, 0.05) is 19.2 Å². The van der Waals surface area contributed by atoms with E-state index in [1.807, 2.05) is 6.07 Å². The largest absolute Gasteiger partial charge is 0.352 e. The Bertz CT molecular complexity index is 686. The lowest BCUT2D eigenvalue weighted by atomic mass is 10.1. The van der Waals surface area contributed by atoms with Crippen molar-refractivity contribution in [1.82, 2.24) is 5.32 Å². The minimum Gasteiger partial charge on any atom is -0.352 e. The molecule has 2 aromatic carbocycles. The molecule has 0 aliphatic rings. The van der Waals surface area contributed by atoms with Gasteiger partial charge in [-0.3, -0.25) is 9.59 Å². The van der Waals surface area contributed by atoms with Crippen LogP contribution in [0.3, 0.4) is 0 Å². The maximum atomic E-state index is 13.1. The molecule has 22 heavy (non-hydrogen) atoms. The van der Waals surface area contributed by atoms with Crippen LogP contribution in [-0.2, 0) is 22.6 Å². The topological polar surface area (TPSA) is 58.2 Å². The molecule has 0 unspecified atom stereocenters. The molecule has 2 rings (SSSR count). The zero-order chi connectivity index (χ0) is 15.9. The number of benzene rings is 2. The second kappa shape index (κ2) is 7.36. The van der Waals surface area contributed by atoms with Crippen molar-refractivity contribution in [2.45, 2.75) is 19.9 Å². The number of hydrogen-bond donors (Lipinski definition) is 2. The smallest absolute Gasteiger partial charge is 0.224 e. The molecule has 2 amide bonds. The van der Waals surface area contributed by atoms with Crippen LogP contribution in [0.2, 0.25) is 0 Å². The maximum Gasteiger partial charge on any atom is 0.224 e. The summed E-state index contributed by atoms with van der Waals surface area (Å²) in [6.07, 6.45) is 0.128. The third-order valence-corrected chi connectivity index (χ3v) is 2.99. The van der Waals surface area contributed by atoms with Crippen molar-refractivity contribution in [3.63, 3.8) is 0 Å². The van der Waals surface area contributed by atoms with Crippen LogP contribution < -0.4 is 10.6 Å². The molecule has 0 spiro atoms. The first-order valence-electron chi connectivity index (χ1n) is 6.90. The molecule has 0 fully saturated rings. The number of carbonyl (C=O) groups excluding carboxylic acids is 2. The fourth-order valence-corrected chi connectivity index (χ4v) is 2.06. The van der Waals surface area contributed by atoms with Gasteiger partial charge >= 0.3 is 0 Å². The number of anilines is 1. The van der Waals surface area contributed by atoms with Gasteiger partial charge in [-0.1, -0.05) is 24.3 Å². The van der Waals surface area contributed by atoms with Gasteiger partial charge in [-0.25, -0.2) is 4.39 Å². The first-order valence-corrected chi connectivity index (χ1v) is 6.90. The van der Waals surface area contributed by atoms with Crippen LogP contribution >= 0.6 is 0 Å². The average Bonchev–Trinajstić information content (AvgIpc) is 2.45. The first-order chi connectivity index (χ1) is 10.5. The summed E-state index contributed by atoms with van der Waals surface area (Å²) < 4.78 is 13.1. The van der Waals surface area contributed by atoms with Gasteiger partial charge in [0.25, 0.3) is 0 Å². The molecule has 2 aromatic rings. The molecule has 0 bridgehead atoms. The molecule has 0 heterocycles. The van der Waals surface area contributed by atoms with Gasteiger partial charge in [0.2, 0.25) is 11.8 Å². The van der Waals surface area contributed by atoms with Crippen molar-refractivity contribution in [3.8, 4) is 0 Å². The van der Waals surface area contributed by atoms with Gasteiger partial charge in [0.05, 0.1) is 6.42 Å². The summed E-state index contributed by atoms with van der Waals surface area (Å²) in [5, 5.41) is 5.46. The molecule has 0 aliphatic carbocycles. The van der Waals surface area contributed by atoms with E-state index in [9.17, 15) is 14.0 Å². The van der Waals surface area contributed by atoms with Crippen molar-refractivity contribution in [1.29, 1.82) is 0 Å². The van der Waals surface area contributed by atoms with E-state index in [0.29, 0.717) is 17.8 Å². The van der Waals surface area contributed by atoms with E-state index in [0.717, 1.165) is 5.56 Å². The second-order valence-corrected chi connectivity index (χ2v) is 4.96. The molecular formula is C17H17FN2O2. The highest BCUT2D eigenvalue weighted by Crippen LogP contribution is 2.10. The number of hydrogen-bond acceptors (Lipinski definition) is 2. The molecule has 0 aromatic heterocycles. The Morgan fingerprint density at radius 1 is 1.05 bits per heavy atom. The zero-order valence-electron chi connectivity index (χ0n) is 12.2. The third kappa shape index (κ3) is 5.01. The van der Waals surface area contributed by atoms with Crippen molar-refractivity contribution in [2.75, 3.05) is 5.32 Å². The van der Waals surface area contributed by atoms with E-state index in [-0.39, 0.29) is 24.1 Å². The van der Waals surface area contributed by atoms with Crippen molar-refractivity contribution in [3.05, 3.63) is 65.5 Å². The predicted octanol–water partition coefficient (Wildman–Crippen LogP) is 2.64. The number of carbonyl (C=O) groups is 2. The van der Waals surface area contributed by atoms with E-state index in [1.165, 1.54) is 19.1 Å². The minimum atomic E-state index is -0.353. The summed E-state index contributed by atoms with van der Waals surface area (Å²) in [6, 6.07) is 13.2. The van der Waals surface area contributed by atoms with Crippen molar-refractivity contribution in [2.24, 2.45) is 0 Å². The molecular weight excluding hydrogens is 283 g/mol. The summed E-state index contributed by atoms with van der Waals surface area (Å²) in [5.74, 6) is -0.684. The number of amides is 2. The van der Waals surface area contributed by atoms with E-state index in [2.05, 4.69) is 10.6 Å². The Labute approximate surface area is 128 Å². The van der Waals surface area contributed by atoms with Gasteiger partial charge in [-0.15, -0.1) is 0 Å². The molecule has 0 radical (unpaired) electrons. The average molecular weight is 300 g/mol. The maximum absolute atomic E-state index is 13.1. The predicted molar refractivity (Wildman–Crippen MR) is 82.7 cm³/mol. The van der Waals surface area contributed by atoms with Crippen LogP contribution in [0.15, 0.2) is 48.5 Å². The summed E-state index contributed by atoms with van der Waals surface area (Å²) >= 11 is 0. The summed E-state index contributed by atoms with van der Waals surface area (Å²) in [5.41, 5.74) is 2.19. The fourth-order valence-electron chi connectivity index (χ4n) is 2.06. The molecule has 4 nitrogen and oxygen atoms in total. The van der Waals surface area contributed by atoms with Gasteiger partial charge in [-0.2, -0.15) is 0 Å². The third-order valence-electron chi connectivity index (χ3n) is 2.99. The van der Waals surface area contributed by atoms with Crippen molar-refractivity contribution < 1.29 is 14.0 Å². The summed E-state index contributed by atoms with van der Waals surface area (Å²) in [6.45, 7) is 1.79. The summed E-state index contributed by atoms with van der Waals surface area (Å²) in [4.78, 5) is 22.9. The lowest BCUT2D eigenvalue weighted by molar-refractivity contribution is -0.120. The highest BCUT2D eigenvalue weighted by atomic mass is 19.1. The number of rotatable bonds is 5. The summed E-state index contributed by atoms with van der Waals surface area (Å²) in [7, 11) is 0. The molecule has 0 saturated carbocycles. The number of halogens is 1. The normalized spacial score (nSPS) is 10.1. The van der Waals surface area contributed by atoms with Gasteiger partial charge in [0.1, 0.15) is 5.82 Å². The monoisotopic (exact) mass is 300 g/mol. The molecule has 5 heteroatoms. The van der Waals surface area contributed by atoms with E-state index in [1.54, 1.807) is 30.3 Å². The lowest BCUT2D eigenvalue weighted by Crippen LogP contribution is -2.24. The van der Waals surface area contributed by atoms with E-state index >= 15 is 0 Å². The SMILES string of the molecule is CC(=O)Nc1cccc(CNC(=O)Cc2cccc(F)c2)c1. The van der Waals surface area contributed by atoms with Crippen LogP contribution in [0, 0.1) is 5.82 Å². The number of nitrogens with one attached hydrogen (secondary N) is 2. The molecule has 114 valence electrons. The molecule has 2 N–H and O–H groups in total. The van der Waals surface area contributed by atoms with E-state index < -0.39 is 0 Å². The highest BCUT2D eigenvalue weighted by Gasteiger charge is 2.05.